The summed E-state index contributed by atoms with van der Waals surface area (Å²) in [4.78, 5) is 51.7. The number of aromatic hydroxyl groups is 1. The molecule has 1 amide bonds. The lowest BCUT2D eigenvalue weighted by molar-refractivity contribution is -0.140. The van der Waals surface area contributed by atoms with E-state index in [-0.39, 0.29) is 36.2 Å². The molecule has 192 valence electrons. The monoisotopic (exact) mass is 499 g/mol. The first kappa shape index (κ1) is 26.4. The highest BCUT2D eigenvalue weighted by molar-refractivity contribution is 5.98. The highest BCUT2D eigenvalue weighted by atomic mass is 16.5. The summed E-state index contributed by atoms with van der Waals surface area (Å²) in [5.41, 5.74) is 1.40. The molecule has 0 bridgehead atoms. The zero-order valence-electron chi connectivity index (χ0n) is 20.5. The van der Waals surface area contributed by atoms with Gasteiger partial charge in [0, 0.05) is 6.42 Å². The molecule has 0 aliphatic heterocycles. The summed E-state index contributed by atoms with van der Waals surface area (Å²) in [7, 11) is 1.23. The van der Waals surface area contributed by atoms with Crippen LogP contribution in [0.4, 0.5) is 0 Å². The minimum atomic E-state index is -1.000. The van der Waals surface area contributed by atoms with Crippen LogP contribution in [0.2, 0.25) is 0 Å². The number of ketones is 1. The van der Waals surface area contributed by atoms with E-state index >= 15 is 0 Å². The molecule has 12 heteroatoms. The summed E-state index contributed by atoms with van der Waals surface area (Å²) in [5.74, 6) is -2.53. The van der Waals surface area contributed by atoms with E-state index in [1.165, 1.54) is 7.11 Å². The Morgan fingerprint density at radius 2 is 2.00 bits per heavy atom. The molecule has 36 heavy (non-hydrogen) atoms. The standard InChI is InChI=1S/C24H29N5O7/c1-13(2)20(21(32)22-28-27-18(36-22)11-15-7-5-6-14(3)10-15)26-17(30)12-29-23(33)16(25-24(29)34)8-9-19(31)35-4/h5-7,10,13,20,33H,8-9,11-12H2,1-4H3,(H,25,34)(H,26,30)/t20-/m0/s1. The lowest BCUT2D eigenvalue weighted by Gasteiger charge is -2.19. The Balaban J connectivity index is 1.68. The number of rotatable bonds is 11. The van der Waals surface area contributed by atoms with Crippen LogP contribution in [0.25, 0.3) is 0 Å². The number of H-pyrrole nitrogens is 1. The molecule has 0 saturated heterocycles. The van der Waals surface area contributed by atoms with Crippen molar-refractivity contribution in [2.75, 3.05) is 7.11 Å². The summed E-state index contributed by atoms with van der Waals surface area (Å²) >= 11 is 0. The van der Waals surface area contributed by atoms with E-state index in [0.717, 1.165) is 15.7 Å². The van der Waals surface area contributed by atoms with Gasteiger partial charge in [0.2, 0.25) is 23.5 Å². The second-order valence-electron chi connectivity index (χ2n) is 8.71. The summed E-state index contributed by atoms with van der Waals surface area (Å²) in [6, 6.07) is 6.76. The van der Waals surface area contributed by atoms with Gasteiger partial charge in [-0.25, -0.2) is 4.79 Å². The van der Waals surface area contributed by atoms with E-state index in [0.29, 0.717) is 6.42 Å². The van der Waals surface area contributed by atoms with Crippen LogP contribution in [0, 0.1) is 12.8 Å². The van der Waals surface area contributed by atoms with E-state index in [1.807, 2.05) is 31.2 Å². The fourth-order valence-electron chi connectivity index (χ4n) is 3.61. The van der Waals surface area contributed by atoms with Crippen molar-refractivity contribution >= 4 is 17.7 Å². The molecule has 3 aromatic rings. The lowest BCUT2D eigenvalue weighted by Crippen LogP contribution is -2.46. The molecule has 0 fully saturated rings. The average Bonchev–Trinajstić information content (AvgIpc) is 3.40. The Bertz CT molecular complexity index is 1300. The molecule has 0 radical (unpaired) electrons. The van der Waals surface area contributed by atoms with Gasteiger partial charge >= 0.3 is 11.7 Å². The maximum Gasteiger partial charge on any atom is 0.329 e. The van der Waals surface area contributed by atoms with Crippen molar-refractivity contribution in [3.8, 4) is 5.88 Å². The fourth-order valence-corrected chi connectivity index (χ4v) is 3.61. The van der Waals surface area contributed by atoms with Crippen LogP contribution in [-0.2, 0) is 33.7 Å². The number of hydrogen-bond acceptors (Lipinski definition) is 9. The molecule has 0 spiro atoms. The van der Waals surface area contributed by atoms with E-state index in [2.05, 4.69) is 25.2 Å². The summed E-state index contributed by atoms with van der Waals surface area (Å²) in [5, 5.41) is 20.7. The third-order valence-corrected chi connectivity index (χ3v) is 5.52. The third-order valence-electron chi connectivity index (χ3n) is 5.52. The van der Waals surface area contributed by atoms with Gasteiger partial charge < -0.3 is 24.6 Å². The quantitative estimate of drug-likeness (QED) is 0.260. The van der Waals surface area contributed by atoms with E-state index in [4.69, 9.17) is 4.42 Å². The molecule has 0 saturated carbocycles. The Labute approximate surface area is 206 Å². The Kier molecular flexibility index (Phi) is 8.41. The van der Waals surface area contributed by atoms with Crippen LogP contribution in [0.5, 0.6) is 5.88 Å². The predicted molar refractivity (Wildman–Crippen MR) is 126 cm³/mol. The van der Waals surface area contributed by atoms with Gasteiger partial charge in [-0.05, 0) is 18.4 Å². The third kappa shape index (κ3) is 6.46. The smallest absolute Gasteiger partial charge is 0.329 e. The fraction of sp³-hybridized carbons (Fsp3) is 0.417. The minimum Gasteiger partial charge on any atom is -0.493 e. The molecule has 0 unspecified atom stereocenters. The molecule has 12 nitrogen and oxygen atoms in total. The van der Waals surface area contributed by atoms with Crippen LogP contribution < -0.4 is 11.0 Å². The first-order chi connectivity index (χ1) is 17.1. The number of aromatic nitrogens is 4. The molecular formula is C24H29N5O7. The molecule has 2 heterocycles. The van der Waals surface area contributed by atoms with E-state index < -0.39 is 41.8 Å². The zero-order chi connectivity index (χ0) is 26.4. The molecule has 0 aliphatic rings. The number of aryl methyl sites for hydroxylation is 2. The van der Waals surface area contributed by atoms with Crippen LogP contribution in [0.3, 0.4) is 0 Å². The van der Waals surface area contributed by atoms with Crippen LogP contribution in [-0.4, -0.2) is 55.7 Å². The molecule has 3 rings (SSSR count). The highest BCUT2D eigenvalue weighted by Crippen LogP contribution is 2.16. The Morgan fingerprint density at radius 3 is 2.67 bits per heavy atom. The first-order valence-corrected chi connectivity index (χ1v) is 11.4. The van der Waals surface area contributed by atoms with Crippen LogP contribution in [0.1, 0.15) is 53.7 Å². The number of carbonyl (C=O) groups is 3. The number of imidazole rings is 1. The number of aromatic amines is 1. The normalized spacial score (nSPS) is 11.9. The van der Waals surface area contributed by atoms with Gasteiger partial charge in [-0.1, -0.05) is 43.7 Å². The first-order valence-electron chi connectivity index (χ1n) is 11.4. The van der Waals surface area contributed by atoms with Crippen molar-refractivity contribution in [1.82, 2.24) is 25.1 Å². The van der Waals surface area contributed by atoms with Crippen molar-refractivity contribution in [1.29, 1.82) is 0 Å². The summed E-state index contributed by atoms with van der Waals surface area (Å²) in [6.45, 7) is 4.89. The predicted octanol–water partition coefficient (Wildman–Crippen LogP) is 1.29. The van der Waals surface area contributed by atoms with Crippen molar-refractivity contribution in [3.63, 3.8) is 0 Å². The van der Waals surface area contributed by atoms with Crippen molar-refractivity contribution in [3.05, 3.63) is 63.4 Å². The number of esters is 1. The van der Waals surface area contributed by atoms with Crippen molar-refractivity contribution < 1.29 is 28.6 Å². The van der Waals surface area contributed by atoms with Gasteiger partial charge in [-0.2, -0.15) is 0 Å². The van der Waals surface area contributed by atoms with Gasteiger partial charge in [-0.15, -0.1) is 10.2 Å². The molecule has 0 aliphatic carbocycles. The number of methoxy groups -OCH3 is 1. The number of nitrogens with zero attached hydrogens (tertiary/aromatic N) is 3. The molecule has 3 N–H and O–H groups in total. The summed E-state index contributed by atoms with van der Waals surface area (Å²) in [6.07, 6.45) is 0.322. The van der Waals surface area contributed by atoms with Gasteiger partial charge in [0.25, 0.3) is 5.89 Å². The number of amides is 1. The number of hydrogen-bond donors (Lipinski definition) is 3. The maximum atomic E-state index is 13.0. The largest absolute Gasteiger partial charge is 0.493 e. The van der Waals surface area contributed by atoms with Crippen molar-refractivity contribution in [2.45, 2.75) is 52.6 Å². The maximum absolute atomic E-state index is 13.0. The zero-order valence-corrected chi connectivity index (χ0v) is 20.5. The average molecular weight is 500 g/mol. The second-order valence-corrected chi connectivity index (χ2v) is 8.71. The highest BCUT2D eigenvalue weighted by Gasteiger charge is 2.30. The molecule has 1 aromatic carbocycles. The number of benzene rings is 1. The number of Topliss-reactive ketones (excluding diaryl/α,β-unsaturated/α-hetero) is 1. The minimum absolute atomic E-state index is 0.0253. The Hall–Kier alpha value is -4.22. The SMILES string of the molecule is COC(=O)CCc1[nH]c(=O)n(CC(=O)N[C@H](C(=O)c2nnc(Cc3cccc(C)c3)o2)C(C)C)c1O. The topological polar surface area (TPSA) is 169 Å². The van der Waals surface area contributed by atoms with Crippen molar-refractivity contribution in [2.24, 2.45) is 5.92 Å². The van der Waals surface area contributed by atoms with Gasteiger partial charge in [0.15, 0.2) is 0 Å². The number of ether oxygens (including phenoxy) is 1. The van der Waals surface area contributed by atoms with Crippen LogP contribution in [0.15, 0.2) is 33.5 Å². The van der Waals surface area contributed by atoms with Gasteiger partial charge in [-0.3, -0.25) is 19.0 Å². The molecular weight excluding hydrogens is 470 g/mol. The number of carbonyl (C=O) groups excluding carboxylic acids is 3. The van der Waals surface area contributed by atoms with Crippen LogP contribution >= 0.6 is 0 Å². The summed E-state index contributed by atoms with van der Waals surface area (Å²) < 4.78 is 10.9. The van der Waals surface area contributed by atoms with Gasteiger partial charge in [0.1, 0.15) is 6.54 Å². The van der Waals surface area contributed by atoms with E-state index in [9.17, 15) is 24.3 Å². The lowest BCUT2D eigenvalue weighted by atomic mass is 9.99. The second kappa shape index (κ2) is 11.5. The molecule has 2 aromatic heterocycles. The number of nitrogens with one attached hydrogen (secondary N) is 2. The van der Waals surface area contributed by atoms with Gasteiger partial charge in [0.05, 0.1) is 31.7 Å². The Morgan fingerprint density at radius 1 is 1.25 bits per heavy atom. The van der Waals surface area contributed by atoms with E-state index in [1.54, 1.807) is 13.8 Å². The molecule has 1 atom stereocenters.